The van der Waals surface area contributed by atoms with Crippen molar-refractivity contribution in [1.82, 2.24) is 9.91 Å². The van der Waals surface area contributed by atoms with Crippen LogP contribution in [-0.4, -0.2) is 60.3 Å². The number of hydrazone groups is 1. The molecule has 2 heterocycles. The SMILES string of the molecule is CCOC(=O)C1CCN(CC(=O)N2N=C(c3ccc(F)cc3)CC2c2ccc(OCC)cc2)CC1. The highest BCUT2D eigenvalue weighted by molar-refractivity contribution is 6.03. The lowest BCUT2D eigenvalue weighted by Gasteiger charge is -2.32. The quantitative estimate of drug-likeness (QED) is 0.529. The number of likely N-dealkylation sites (tertiary alicyclic amines) is 1. The third-order valence-corrected chi connectivity index (χ3v) is 6.49. The van der Waals surface area contributed by atoms with Gasteiger partial charge in [0.1, 0.15) is 11.6 Å². The smallest absolute Gasteiger partial charge is 0.309 e. The van der Waals surface area contributed by atoms with Crippen molar-refractivity contribution in [3.63, 3.8) is 0 Å². The molecule has 1 unspecified atom stereocenters. The Bertz CT molecular complexity index is 1050. The number of ether oxygens (including phenoxy) is 2. The Morgan fingerprint density at radius 2 is 1.69 bits per heavy atom. The molecule has 7 nitrogen and oxygen atoms in total. The molecule has 1 saturated heterocycles. The first-order valence-corrected chi connectivity index (χ1v) is 12.3. The first-order chi connectivity index (χ1) is 17.0. The summed E-state index contributed by atoms with van der Waals surface area (Å²) in [7, 11) is 0. The van der Waals surface area contributed by atoms with Gasteiger partial charge in [-0.2, -0.15) is 5.10 Å². The first kappa shape index (κ1) is 24.9. The van der Waals surface area contributed by atoms with Crippen molar-refractivity contribution in [3.8, 4) is 5.75 Å². The number of carbonyl (C=O) groups excluding carboxylic acids is 2. The largest absolute Gasteiger partial charge is 0.494 e. The number of nitrogens with zero attached hydrogens (tertiary/aromatic N) is 3. The molecule has 0 spiro atoms. The maximum atomic E-state index is 13.5. The van der Waals surface area contributed by atoms with E-state index in [1.54, 1.807) is 17.1 Å². The number of rotatable bonds is 8. The van der Waals surface area contributed by atoms with Crippen molar-refractivity contribution >= 4 is 17.6 Å². The molecule has 35 heavy (non-hydrogen) atoms. The molecule has 1 amide bonds. The van der Waals surface area contributed by atoms with Gasteiger partial charge in [0.15, 0.2) is 0 Å². The molecule has 0 aromatic heterocycles. The molecule has 2 aliphatic heterocycles. The average Bonchev–Trinajstić information content (AvgIpc) is 3.31. The van der Waals surface area contributed by atoms with Crippen LogP contribution in [0.4, 0.5) is 4.39 Å². The zero-order chi connectivity index (χ0) is 24.8. The molecule has 186 valence electrons. The zero-order valence-electron chi connectivity index (χ0n) is 20.3. The third kappa shape index (κ3) is 6.06. The highest BCUT2D eigenvalue weighted by atomic mass is 19.1. The van der Waals surface area contributed by atoms with E-state index in [0.29, 0.717) is 45.6 Å². The van der Waals surface area contributed by atoms with Crippen molar-refractivity contribution in [2.24, 2.45) is 11.0 Å². The summed E-state index contributed by atoms with van der Waals surface area (Å²) in [5.41, 5.74) is 2.51. The lowest BCUT2D eigenvalue weighted by atomic mass is 9.97. The molecule has 0 saturated carbocycles. The summed E-state index contributed by atoms with van der Waals surface area (Å²) in [6, 6.07) is 13.7. The van der Waals surface area contributed by atoms with E-state index in [0.717, 1.165) is 22.6 Å². The van der Waals surface area contributed by atoms with Gasteiger partial charge in [0.25, 0.3) is 5.91 Å². The van der Waals surface area contributed by atoms with Gasteiger partial charge in [-0.25, -0.2) is 9.40 Å². The zero-order valence-corrected chi connectivity index (χ0v) is 20.3. The monoisotopic (exact) mass is 481 g/mol. The second kappa shape index (κ2) is 11.4. The van der Waals surface area contributed by atoms with Crippen LogP contribution >= 0.6 is 0 Å². The lowest BCUT2D eigenvalue weighted by molar-refractivity contribution is -0.149. The van der Waals surface area contributed by atoms with Crippen LogP contribution in [0.2, 0.25) is 0 Å². The van der Waals surface area contributed by atoms with Crippen LogP contribution in [0.25, 0.3) is 0 Å². The minimum Gasteiger partial charge on any atom is -0.494 e. The lowest BCUT2D eigenvalue weighted by Crippen LogP contribution is -2.43. The topological polar surface area (TPSA) is 71.4 Å². The van der Waals surface area contributed by atoms with Gasteiger partial charge in [0, 0.05) is 6.42 Å². The normalized spacial score (nSPS) is 18.9. The highest BCUT2D eigenvalue weighted by Crippen LogP contribution is 2.34. The maximum absolute atomic E-state index is 13.5. The van der Waals surface area contributed by atoms with E-state index in [9.17, 15) is 14.0 Å². The molecule has 4 rings (SSSR count). The van der Waals surface area contributed by atoms with Gasteiger partial charge in [-0.1, -0.05) is 24.3 Å². The van der Waals surface area contributed by atoms with Crippen molar-refractivity contribution < 1.29 is 23.5 Å². The van der Waals surface area contributed by atoms with Crippen molar-refractivity contribution in [2.45, 2.75) is 39.2 Å². The van der Waals surface area contributed by atoms with Gasteiger partial charge >= 0.3 is 5.97 Å². The molecule has 2 aliphatic rings. The van der Waals surface area contributed by atoms with Crippen molar-refractivity contribution in [2.75, 3.05) is 32.8 Å². The summed E-state index contributed by atoms with van der Waals surface area (Å²) >= 11 is 0. The molecule has 1 atom stereocenters. The molecule has 0 radical (unpaired) electrons. The van der Waals surface area contributed by atoms with E-state index in [-0.39, 0.29) is 36.2 Å². The van der Waals surface area contributed by atoms with Gasteiger partial charge in [0.05, 0.1) is 37.4 Å². The van der Waals surface area contributed by atoms with Crippen LogP contribution in [-0.2, 0) is 14.3 Å². The Balaban J connectivity index is 1.48. The molecule has 2 aromatic carbocycles. The van der Waals surface area contributed by atoms with E-state index >= 15 is 0 Å². The van der Waals surface area contributed by atoms with E-state index in [2.05, 4.69) is 10.0 Å². The predicted octanol–water partition coefficient (Wildman–Crippen LogP) is 4.18. The van der Waals surface area contributed by atoms with Crippen LogP contribution < -0.4 is 4.74 Å². The average molecular weight is 482 g/mol. The number of piperidine rings is 1. The number of amides is 1. The fourth-order valence-corrected chi connectivity index (χ4v) is 4.62. The third-order valence-electron chi connectivity index (χ3n) is 6.49. The van der Waals surface area contributed by atoms with E-state index < -0.39 is 0 Å². The van der Waals surface area contributed by atoms with Crippen molar-refractivity contribution in [3.05, 3.63) is 65.5 Å². The highest BCUT2D eigenvalue weighted by Gasteiger charge is 2.35. The van der Waals surface area contributed by atoms with E-state index in [1.807, 2.05) is 38.1 Å². The molecular weight excluding hydrogens is 449 g/mol. The number of hydrogen-bond donors (Lipinski definition) is 0. The molecule has 0 N–H and O–H groups in total. The number of halogens is 1. The van der Waals surface area contributed by atoms with Gasteiger partial charge in [-0.15, -0.1) is 0 Å². The number of hydrogen-bond acceptors (Lipinski definition) is 6. The summed E-state index contributed by atoms with van der Waals surface area (Å²) in [5.74, 6) is 0.108. The molecule has 0 bridgehead atoms. The fourth-order valence-electron chi connectivity index (χ4n) is 4.62. The Morgan fingerprint density at radius 3 is 2.31 bits per heavy atom. The van der Waals surface area contributed by atoms with Gasteiger partial charge in [0.2, 0.25) is 0 Å². The standard InChI is InChI=1S/C27H32FN3O4/c1-3-34-23-11-7-20(8-12-23)25-17-24(19-5-9-22(28)10-6-19)29-31(25)26(32)18-30-15-13-21(14-16-30)27(33)35-4-2/h5-12,21,25H,3-4,13-18H2,1-2H3. The summed E-state index contributed by atoms with van der Waals surface area (Å²) in [6.45, 7) is 6.25. The Hall–Kier alpha value is -3.26. The van der Waals surface area contributed by atoms with E-state index in [4.69, 9.17) is 9.47 Å². The van der Waals surface area contributed by atoms with Crippen LogP contribution in [0.3, 0.4) is 0 Å². The number of esters is 1. The van der Waals surface area contributed by atoms with Crippen LogP contribution in [0, 0.1) is 11.7 Å². The van der Waals surface area contributed by atoms with E-state index in [1.165, 1.54) is 12.1 Å². The Morgan fingerprint density at radius 1 is 1.00 bits per heavy atom. The van der Waals surface area contributed by atoms with Crippen molar-refractivity contribution in [1.29, 1.82) is 0 Å². The van der Waals surface area contributed by atoms with Gasteiger partial charge in [-0.3, -0.25) is 14.5 Å². The molecular formula is C27H32FN3O4. The second-order valence-electron chi connectivity index (χ2n) is 8.82. The number of benzene rings is 2. The van der Waals surface area contributed by atoms with Gasteiger partial charge in [-0.05, 0) is 75.2 Å². The minimum atomic E-state index is -0.311. The Kier molecular flexibility index (Phi) is 8.13. The molecule has 0 aliphatic carbocycles. The second-order valence-corrected chi connectivity index (χ2v) is 8.82. The molecule has 1 fully saturated rings. The predicted molar refractivity (Wildman–Crippen MR) is 131 cm³/mol. The van der Waals surface area contributed by atoms with Crippen LogP contribution in [0.15, 0.2) is 53.6 Å². The van der Waals surface area contributed by atoms with Gasteiger partial charge < -0.3 is 9.47 Å². The molecule has 2 aromatic rings. The summed E-state index contributed by atoms with van der Waals surface area (Å²) < 4.78 is 24.2. The summed E-state index contributed by atoms with van der Waals surface area (Å²) in [4.78, 5) is 27.5. The molecule has 8 heteroatoms. The first-order valence-electron chi connectivity index (χ1n) is 12.3. The van der Waals surface area contributed by atoms with Crippen LogP contribution in [0.1, 0.15) is 50.3 Å². The summed E-state index contributed by atoms with van der Waals surface area (Å²) in [6.07, 6.45) is 1.90. The van der Waals surface area contributed by atoms with Crippen LogP contribution in [0.5, 0.6) is 5.75 Å². The minimum absolute atomic E-state index is 0.101. The fraction of sp³-hybridized carbons (Fsp3) is 0.444. The summed E-state index contributed by atoms with van der Waals surface area (Å²) in [5, 5.41) is 6.24. The maximum Gasteiger partial charge on any atom is 0.309 e. The Labute approximate surface area is 205 Å². The number of carbonyl (C=O) groups is 2.